The molecule has 1 saturated carbocycles. The van der Waals surface area contributed by atoms with E-state index in [-0.39, 0.29) is 29.8 Å². The fraction of sp³-hybridized carbons (Fsp3) is 0.571. The number of nitrogens with zero attached hydrogens (tertiary/aromatic N) is 1. The van der Waals surface area contributed by atoms with Crippen molar-refractivity contribution in [3.8, 4) is 0 Å². The van der Waals surface area contributed by atoms with E-state index < -0.39 is 5.54 Å². The van der Waals surface area contributed by atoms with E-state index in [2.05, 4.69) is 5.32 Å². The lowest BCUT2D eigenvalue weighted by atomic mass is 9.74. The molecule has 1 aliphatic rings. The van der Waals surface area contributed by atoms with Crippen molar-refractivity contribution in [2.75, 3.05) is 5.32 Å². The highest BCUT2D eigenvalue weighted by atomic mass is 35.5. The van der Waals surface area contributed by atoms with Gasteiger partial charge in [-0.15, -0.1) is 12.4 Å². The minimum Gasteiger partial charge on any atom is -0.325 e. The number of aryl methyl sites for hydroxylation is 1. The van der Waals surface area contributed by atoms with E-state index in [1.165, 1.54) is 4.57 Å². The monoisotopic (exact) mass is 299 g/mol. The predicted molar refractivity (Wildman–Crippen MR) is 82.1 cm³/mol. The molecule has 112 valence electrons. The predicted octanol–water partition coefficient (Wildman–Crippen LogP) is 1.65. The maximum Gasteiger partial charge on any atom is 0.274 e. The molecule has 2 rings (SSSR count). The first-order chi connectivity index (χ1) is 8.92. The fourth-order valence-electron chi connectivity index (χ4n) is 2.70. The molecule has 6 heteroatoms. The molecule has 0 radical (unpaired) electrons. The number of hydrogen-bond acceptors (Lipinski definition) is 3. The van der Waals surface area contributed by atoms with Gasteiger partial charge in [0, 0.05) is 18.8 Å². The lowest BCUT2D eigenvalue weighted by molar-refractivity contribution is -0.122. The Bertz CT molecular complexity index is 539. The average molecular weight is 300 g/mol. The largest absolute Gasteiger partial charge is 0.325 e. The number of carbonyl (C=O) groups excluding carboxylic acids is 1. The summed E-state index contributed by atoms with van der Waals surface area (Å²) in [7, 11) is 1.66. The number of hydrogen-bond donors (Lipinski definition) is 2. The van der Waals surface area contributed by atoms with Crippen molar-refractivity contribution in [1.82, 2.24) is 4.57 Å². The standard InChI is InChI=1S/C14H21N3O2.ClH/c1-14(15)8-4-3-6-10(14)12(18)16-11-7-5-9-17(2)13(11)19;/h5,7,9-10H,3-4,6,8,15H2,1-2H3,(H,16,18);1H. The number of aromatic nitrogens is 1. The van der Waals surface area contributed by atoms with Gasteiger partial charge in [-0.25, -0.2) is 0 Å². The molecular weight excluding hydrogens is 278 g/mol. The van der Waals surface area contributed by atoms with Gasteiger partial charge >= 0.3 is 0 Å². The molecule has 0 saturated heterocycles. The maximum atomic E-state index is 12.3. The van der Waals surface area contributed by atoms with Gasteiger partial charge in [0.05, 0.1) is 5.92 Å². The first kappa shape index (κ1) is 16.7. The summed E-state index contributed by atoms with van der Waals surface area (Å²) < 4.78 is 1.44. The summed E-state index contributed by atoms with van der Waals surface area (Å²) in [6.07, 6.45) is 5.36. The summed E-state index contributed by atoms with van der Waals surface area (Å²) in [5.41, 5.74) is 5.83. The number of nitrogens with two attached hydrogens (primary N) is 1. The van der Waals surface area contributed by atoms with Crippen LogP contribution in [0.15, 0.2) is 23.1 Å². The Balaban J connectivity index is 0.00000200. The third-order valence-electron chi connectivity index (χ3n) is 3.95. The van der Waals surface area contributed by atoms with E-state index in [4.69, 9.17) is 5.73 Å². The van der Waals surface area contributed by atoms with E-state index in [0.717, 1.165) is 25.7 Å². The molecular formula is C14H22ClN3O2. The van der Waals surface area contributed by atoms with E-state index in [0.29, 0.717) is 5.69 Å². The number of rotatable bonds is 2. The van der Waals surface area contributed by atoms with Gasteiger partial charge in [-0.05, 0) is 31.9 Å². The second kappa shape index (κ2) is 6.41. The Kier molecular flexibility index (Phi) is 5.36. The zero-order chi connectivity index (χ0) is 14.0. The van der Waals surface area contributed by atoms with Crippen LogP contribution >= 0.6 is 12.4 Å². The normalized spacial score (nSPS) is 25.6. The zero-order valence-electron chi connectivity index (χ0n) is 11.9. The summed E-state index contributed by atoms with van der Waals surface area (Å²) in [5, 5.41) is 2.72. The quantitative estimate of drug-likeness (QED) is 0.872. The number of nitrogens with one attached hydrogen (secondary N) is 1. The number of amides is 1. The van der Waals surface area contributed by atoms with E-state index in [1.807, 2.05) is 6.92 Å². The molecule has 2 atom stereocenters. The van der Waals surface area contributed by atoms with Gasteiger partial charge in [0.15, 0.2) is 0 Å². The third kappa shape index (κ3) is 3.41. The highest BCUT2D eigenvalue weighted by Crippen LogP contribution is 2.32. The molecule has 3 N–H and O–H groups in total. The molecule has 1 fully saturated rings. The molecule has 1 heterocycles. The molecule has 0 aromatic carbocycles. The van der Waals surface area contributed by atoms with Crippen molar-refractivity contribution in [3.63, 3.8) is 0 Å². The Hall–Kier alpha value is -1.33. The SMILES string of the molecule is Cl.Cn1cccc(NC(=O)C2CCCCC2(C)N)c1=O. The van der Waals surface area contributed by atoms with Gasteiger partial charge in [-0.2, -0.15) is 0 Å². The molecule has 1 aromatic heterocycles. The van der Waals surface area contributed by atoms with Crippen molar-refractivity contribution >= 4 is 24.0 Å². The van der Waals surface area contributed by atoms with Crippen LogP contribution in [0, 0.1) is 5.92 Å². The Morgan fingerprint density at radius 3 is 2.85 bits per heavy atom. The topological polar surface area (TPSA) is 77.1 Å². The number of carbonyl (C=O) groups is 1. The molecule has 0 spiro atoms. The van der Waals surface area contributed by atoms with Crippen LogP contribution in [0.25, 0.3) is 0 Å². The van der Waals surface area contributed by atoms with E-state index >= 15 is 0 Å². The Morgan fingerprint density at radius 1 is 1.50 bits per heavy atom. The smallest absolute Gasteiger partial charge is 0.274 e. The first-order valence-corrected chi connectivity index (χ1v) is 6.67. The van der Waals surface area contributed by atoms with Crippen LogP contribution in [0.3, 0.4) is 0 Å². The summed E-state index contributed by atoms with van der Waals surface area (Å²) in [6, 6.07) is 3.36. The third-order valence-corrected chi connectivity index (χ3v) is 3.95. The molecule has 20 heavy (non-hydrogen) atoms. The molecule has 1 amide bonds. The van der Waals surface area contributed by atoms with Crippen molar-refractivity contribution in [2.45, 2.75) is 38.1 Å². The maximum absolute atomic E-state index is 12.3. The van der Waals surface area contributed by atoms with Gasteiger partial charge in [0.25, 0.3) is 5.56 Å². The second-order valence-electron chi connectivity index (χ2n) is 5.63. The summed E-state index contributed by atoms with van der Waals surface area (Å²) >= 11 is 0. The van der Waals surface area contributed by atoms with Crippen LogP contribution in [-0.2, 0) is 11.8 Å². The van der Waals surface area contributed by atoms with Gasteiger partial charge in [0.1, 0.15) is 5.69 Å². The number of halogens is 1. The number of pyridine rings is 1. The highest BCUT2D eigenvalue weighted by Gasteiger charge is 2.37. The van der Waals surface area contributed by atoms with Crippen molar-refractivity contribution < 1.29 is 4.79 Å². The zero-order valence-corrected chi connectivity index (χ0v) is 12.7. The molecule has 1 aromatic rings. The van der Waals surface area contributed by atoms with Crippen LogP contribution in [-0.4, -0.2) is 16.0 Å². The van der Waals surface area contributed by atoms with Crippen molar-refractivity contribution in [2.24, 2.45) is 18.7 Å². The minimum atomic E-state index is -0.484. The van der Waals surface area contributed by atoms with Crippen LogP contribution in [0.2, 0.25) is 0 Å². The van der Waals surface area contributed by atoms with Crippen LogP contribution < -0.4 is 16.6 Å². The number of anilines is 1. The highest BCUT2D eigenvalue weighted by molar-refractivity contribution is 5.93. The first-order valence-electron chi connectivity index (χ1n) is 6.67. The summed E-state index contributed by atoms with van der Waals surface area (Å²) in [4.78, 5) is 24.2. The second-order valence-corrected chi connectivity index (χ2v) is 5.63. The summed E-state index contributed by atoms with van der Waals surface area (Å²) in [5.74, 6) is -0.376. The van der Waals surface area contributed by atoms with Gasteiger partial charge in [0.2, 0.25) is 5.91 Å². The summed E-state index contributed by atoms with van der Waals surface area (Å²) in [6.45, 7) is 1.92. The van der Waals surface area contributed by atoms with E-state index in [9.17, 15) is 9.59 Å². The van der Waals surface area contributed by atoms with Gasteiger partial charge in [-0.3, -0.25) is 9.59 Å². The van der Waals surface area contributed by atoms with Crippen molar-refractivity contribution in [3.05, 3.63) is 28.7 Å². The molecule has 5 nitrogen and oxygen atoms in total. The van der Waals surface area contributed by atoms with Crippen molar-refractivity contribution in [1.29, 1.82) is 0 Å². The lowest BCUT2D eigenvalue weighted by Gasteiger charge is -2.37. The average Bonchev–Trinajstić information content (AvgIpc) is 2.34. The van der Waals surface area contributed by atoms with Crippen LogP contribution in [0.5, 0.6) is 0 Å². The van der Waals surface area contributed by atoms with Crippen LogP contribution in [0.4, 0.5) is 5.69 Å². The fourth-order valence-corrected chi connectivity index (χ4v) is 2.70. The molecule has 0 aliphatic heterocycles. The Labute approximate surface area is 125 Å². The van der Waals surface area contributed by atoms with Gasteiger partial charge < -0.3 is 15.6 Å². The van der Waals surface area contributed by atoms with Gasteiger partial charge in [-0.1, -0.05) is 12.8 Å². The minimum absolute atomic E-state index is 0. The Morgan fingerprint density at radius 2 is 2.20 bits per heavy atom. The lowest BCUT2D eigenvalue weighted by Crippen LogP contribution is -2.51. The molecule has 0 bridgehead atoms. The molecule has 1 aliphatic carbocycles. The van der Waals surface area contributed by atoms with E-state index in [1.54, 1.807) is 25.4 Å². The molecule has 2 unspecified atom stereocenters. The van der Waals surface area contributed by atoms with Crippen LogP contribution in [0.1, 0.15) is 32.6 Å².